The minimum absolute atomic E-state index is 0.108. The van der Waals surface area contributed by atoms with Crippen LogP contribution in [0.1, 0.15) is 29.3 Å². The van der Waals surface area contributed by atoms with Crippen molar-refractivity contribution in [3.8, 4) is 0 Å². The SMILES string of the molecule is CCCN(Cc1ccccc1)C(=O)c1cc(=O)[nH]c2ccccc12. The van der Waals surface area contributed by atoms with Crippen LogP contribution in [0, 0.1) is 0 Å². The lowest BCUT2D eigenvalue weighted by Crippen LogP contribution is -2.32. The Morgan fingerprint density at radius 1 is 1.04 bits per heavy atom. The molecule has 3 rings (SSSR count). The smallest absolute Gasteiger partial charge is 0.255 e. The van der Waals surface area contributed by atoms with Gasteiger partial charge >= 0.3 is 0 Å². The number of aromatic nitrogens is 1. The highest BCUT2D eigenvalue weighted by atomic mass is 16.2. The van der Waals surface area contributed by atoms with Crippen molar-refractivity contribution in [3.63, 3.8) is 0 Å². The molecule has 0 saturated carbocycles. The summed E-state index contributed by atoms with van der Waals surface area (Å²) >= 11 is 0. The number of para-hydroxylation sites is 1. The number of hydrogen-bond donors (Lipinski definition) is 1. The van der Waals surface area contributed by atoms with Gasteiger partial charge in [0.25, 0.3) is 5.91 Å². The van der Waals surface area contributed by atoms with Crippen molar-refractivity contribution in [1.29, 1.82) is 0 Å². The molecule has 4 heteroatoms. The molecule has 1 amide bonds. The Morgan fingerprint density at radius 3 is 2.50 bits per heavy atom. The van der Waals surface area contributed by atoms with Gasteiger partial charge in [-0.15, -0.1) is 0 Å². The zero-order valence-electron chi connectivity index (χ0n) is 13.7. The molecule has 0 bridgehead atoms. The second-order valence-corrected chi connectivity index (χ2v) is 5.81. The molecule has 0 saturated heterocycles. The van der Waals surface area contributed by atoms with Crippen LogP contribution in [0.3, 0.4) is 0 Å². The number of carbonyl (C=O) groups is 1. The maximum absolute atomic E-state index is 13.1. The summed E-state index contributed by atoms with van der Waals surface area (Å²) in [6.45, 7) is 3.23. The van der Waals surface area contributed by atoms with Gasteiger partial charge < -0.3 is 9.88 Å². The standard InChI is InChI=1S/C20H20N2O2/c1-2-12-22(14-15-8-4-3-5-9-15)20(24)17-13-19(23)21-18-11-7-6-10-16(17)18/h3-11,13H,2,12,14H2,1H3,(H,21,23). The second-order valence-electron chi connectivity index (χ2n) is 5.81. The number of nitrogens with zero attached hydrogens (tertiary/aromatic N) is 1. The van der Waals surface area contributed by atoms with Gasteiger partial charge in [-0.1, -0.05) is 55.5 Å². The van der Waals surface area contributed by atoms with Crippen LogP contribution in [0.2, 0.25) is 0 Å². The first-order chi connectivity index (χ1) is 11.7. The highest BCUT2D eigenvalue weighted by molar-refractivity contribution is 6.05. The van der Waals surface area contributed by atoms with E-state index < -0.39 is 0 Å². The summed E-state index contributed by atoms with van der Waals surface area (Å²) in [6.07, 6.45) is 0.861. The van der Waals surface area contributed by atoms with Gasteiger partial charge in [0.1, 0.15) is 0 Å². The van der Waals surface area contributed by atoms with Gasteiger partial charge in [0.05, 0.1) is 5.56 Å². The Bertz CT molecular complexity index is 900. The summed E-state index contributed by atoms with van der Waals surface area (Å²) in [6, 6.07) is 18.7. The molecule has 0 aliphatic heterocycles. The van der Waals surface area contributed by atoms with Gasteiger partial charge in [-0.2, -0.15) is 0 Å². The maximum Gasteiger partial charge on any atom is 0.255 e. The molecule has 122 valence electrons. The van der Waals surface area contributed by atoms with Gasteiger partial charge in [-0.05, 0) is 18.1 Å². The molecule has 3 aromatic rings. The lowest BCUT2D eigenvalue weighted by molar-refractivity contribution is 0.0745. The molecule has 0 fully saturated rings. The number of carbonyl (C=O) groups excluding carboxylic acids is 1. The molecule has 24 heavy (non-hydrogen) atoms. The Balaban J connectivity index is 2.00. The van der Waals surface area contributed by atoms with Crippen LogP contribution in [0.25, 0.3) is 10.9 Å². The first-order valence-corrected chi connectivity index (χ1v) is 8.14. The quantitative estimate of drug-likeness (QED) is 0.781. The zero-order valence-corrected chi connectivity index (χ0v) is 13.7. The fourth-order valence-electron chi connectivity index (χ4n) is 2.88. The number of hydrogen-bond acceptors (Lipinski definition) is 2. The van der Waals surface area contributed by atoms with Crippen LogP contribution in [0.4, 0.5) is 0 Å². The molecule has 1 aromatic heterocycles. The van der Waals surface area contributed by atoms with Crippen molar-refractivity contribution in [2.45, 2.75) is 19.9 Å². The second kappa shape index (κ2) is 7.13. The lowest BCUT2D eigenvalue weighted by atomic mass is 10.1. The van der Waals surface area contributed by atoms with Crippen molar-refractivity contribution in [2.75, 3.05) is 6.54 Å². The molecule has 4 nitrogen and oxygen atoms in total. The van der Waals surface area contributed by atoms with E-state index >= 15 is 0 Å². The van der Waals surface area contributed by atoms with Crippen molar-refractivity contribution in [2.24, 2.45) is 0 Å². The first kappa shape index (κ1) is 16.0. The van der Waals surface area contributed by atoms with E-state index in [0.29, 0.717) is 24.2 Å². The van der Waals surface area contributed by atoms with Crippen molar-refractivity contribution in [1.82, 2.24) is 9.88 Å². The summed E-state index contributed by atoms with van der Waals surface area (Å²) in [5.74, 6) is -0.108. The molecule has 1 N–H and O–H groups in total. The average Bonchev–Trinajstić information content (AvgIpc) is 2.61. The van der Waals surface area contributed by atoms with Crippen LogP contribution in [0.15, 0.2) is 65.5 Å². The molecule has 2 aromatic carbocycles. The van der Waals surface area contributed by atoms with E-state index in [4.69, 9.17) is 0 Å². The molecule has 0 radical (unpaired) electrons. The van der Waals surface area contributed by atoms with E-state index in [0.717, 1.165) is 17.4 Å². The van der Waals surface area contributed by atoms with E-state index in [-0.39, 0.29) is 11.5 Å². The Hall–Kier alpha value is -2.88. The van der Waals surface area contributed by atoms with Gasteiger partial charge in [0.2, 0.25) is 5.56 Å². The Labute approximate surface area is 140 Å². The molecule has 1 heterocycles. The number of fused-ring (bicyclic) bond motifs is 1. The fourth-order valence-corrected chi connectivity index (χ4v) is 2.88. The topological polar surface area (TPSA) is 53.2 Å². The largest absolute Gasteiger partial charge is 0.334 e. The van der Waals surface area contributed by atoms with Gasteiger partial charge in [0, 0.05) is 30.1 Å². The number of benzene rings is 2. The number of H-pyrrole nitrogens is 1. The van der Waals surface area contributed by atoms with E-state index in [9.17, 15) is 9.59 Å². The minimum Gasteiger partial charge on any atom is -0.334 e. The lowest BCUT2D eigenvalue weighted by Gasteiger charge is -2.23. The molecular weight excluding hydrogens is 300 g/mol. The monoisotopic (exact) mass is 320 g/mol. The van der Waals surface area contributed by atoms with Crippen molar-refractivity contribution < 1.29 is 4.79 Å². The molecule has 0 atom stereocenters. The molecule has 0 spiro atoms. The number of aromatic amines is 1. The van der Waals surface area contributed by atoms with Gasteiger partial charge in [0.15, 0.2) is 0 Å². The summed E-state index contributed by atoms with van der Waals surface area (Å²) in [7, 11) is 0. The summed E-state index contributed by atoms with van der Waals surface area (Å²) in [5.41, 5.74) is 1.96. The van der Waals surface area contributed by atoms with E-state index in [2.05, 4.69) is 4.98 Å². The highest BCUT2D eigenvalue weighted by Crippen LogP contribution is 2.18. The van der Waals surface area contributed by atoms with Crippen LogP contribution >= 0.6 is 0 Å². The van der Waals surface area contributed by atoms with Gasteiger partial charge in [-0.25, -0.2) is 0 Å². The third-order valence-electron chi connectivity index (χ3n) is 3.98. The third kappa shape index (κ3) is 3.38. The van der Waals surface area contributed by atoms with Crippen LogP contribution < -0.4 is 5.56 Å². The normalized spacial score (nSPS) is 10.7. The number of rotatable bonds is 5. The predicted octanol–water partition coefficient (Wildman–Crippen LogP) is 3.58. The molecule has 0 unspecified atom stereocenters. The summed E-state index contributed by atoms with van der Waals surface area (Å²) in [5, 5.41) is 0.774. The molecule has 0 aliphatic rings. The highest BCUT2D eigenvalue weighted by Gasteiger charge is 2.18. The van der Waals surface area contributed by atoms with Crippen molar-refractivity contribution >= 4 is 16.8 Å². The van der Waals surface area contributed by atoms with E-state index in [1.54, 1.807) is 4.90 Å². The fraction of sp³-hybridized carbons (Fsp3) is 0.200. The number of amides is 1. The average molecular weight is 320 g/mol. The van der Waals surface area contributed by atoms with E-state index in [1.807, 2.05) is 61.5 Å². The Kier molecular flexibility index (Phi) is 4.75. The maximum atomic E-state index is 13.1. The van der Waals surface area contributed by atoms with Gasteiger partial charge in [-0.3, -0.25) is 9.59 Å². The predicted molar refractivity (Wildman–Crippen MR) is 96.0 cm³/mol. The van der Waals surface area contributed by atoms with Crippen LogP contribution in [-0.4, -0.2) is 22.3 Å². The Morgan fingerprint density at radius 2 is 1.75 bits per heavy atom. The molecule has 0 aliphatic carbocycles. The number of pyridine rings is 1. The third-order valence-corrected chi connectivity index (χ3v) is 3.98. The molecular formula is C20H20N2O2. The van der Waals surface area contributed by atoms with Crippen LogP contribution in [-0.2, 0) is 6.54 Å². The summed E-state index contributed by atoms with van der Waals surface area (Å²) < 4.78 is 0. The van der Waals surface area contributed by atoms with Crippen LogP contribution in [0.5, 0.6) is 0 Å². The minimum atomic E-state index is -0.256. The first-order valence-electron chi connectivity index (χ1n) is 8.14. The van der Waals surface area contributed by atoms with Crippen molar-refractivity contribution in [3.05, 3.63) is 82.1 Å². The summed E-state index contributed by atoms with van der Waals surface area (Å²) in [4.78, 5) is 29.6. The van der Waals surface area contributed by atoms with E-state index in [1.165, 1.54) is 6.07 Å². The zero-order chi connectivity index (χ0) is 16.9. The number of nitrogens with one attached hydrogen (secondary N) is 1.